The fourth-order valence-corrected chi connectivity index (χ4v) is 1.70. The van der Waals surface area contributed by atoms with Gasteiger partial charge in [-0.05, 0) is 18.9 Å². The average Bonchev–Trinajstić information content (AvgIpc) is 2.45. The molecule has 0 aliphatic rings. The molecule has 1 aromatic carbocycles. The van der Waals surface area contributed by atoms with Crippen LogP contribution < -0.4 is 10.6 Å². The van der Waals surface area contributed by atoms with Crippen LogP contribution in [0.4, 0.5) is 0 Å². The maximum atomic E-state index is 11.7. The lowest BCUT2D eigenvalue weighted by molar-refractivity contribution is -0.128. The summed E-state index contributed by atoms with van der Waals surface area (Å²) < 4.78 is 0. The van der Waals surface area contributed by atoms with Crippen LogP contribution in [0, 0.1) is 0 Å². The van der Waals surface area contributed by atoms with E-state index >= 15 is 0 Å². The minimum Gasteiger partial charge on any atom is -0.347 e. The van der Waals surface area contributed by atoms with Gasteiger partial charge in [-0.2, -0.15) is 0 Å². The quantitative estimate of drug-likeness (QED) is 0.774. The van der Waals surface area contributed by atoms with Gasteiger partial charge in [-0.25, -0.2) is 0 Å². The molecule has 2 N–H and O–H groups in total. The number of rotatable bonds is 7. The summed E-state index contributed by atoms with van der Waals surface area (Å²) in [7, 11) is 0. The zero-order valence-corrected chi connectivity index (χ0v) is 11.8. The minimum absolute atomic E-state index is 0.106. The SMILES string of the molecule is CCC(=O)NCC(=O)NC(Cc1ccccc1)C(C)=O. The predicted molar refractivity (Wildman–Crippen MR) is 76.1 cm³/mol. The van der Waals surface area contributed by atoms with Crippen LogP contribution in [0.25, 0.3) is 0 Å². The van der Waals surface area contributed by atoms with E-state index in [2.05, 4.69) is 10.6 Å². The Hall–Kier alpha value is -2.17. The number of benzene rings is 1. The van der Waals surface area contributed by atoms with E-state index in [-0.39, 0.29) is 24.1 Å². The number of ketones is 1. The lowest BCUT2D eigenvalue weighted by Gasteiger charge is -2.16. The molecule has 5 nitrogen and oxygen atoms in total. The summed E-state index contributed by atoms with van der Waals surface area (Å²) in [5, 5.41) is 5.12. The van der Waals surface area contributed by atoms with E-state index in [1.807, 2.05) is 30.3 Å². The first kappa shape index (κ1) is 15.9. The topological polar surface area (TPSA) is 75.3 Å². The molecule has 2 amide bonds. The van der Waals surface area contributed by atoms with Crippen molar-refractivity contribution in [2.75, 3.05) is 6.54 Å². The molecule has 0 aliphatic heterocycles. The van der Waals surface area contributed by atoms with Crippen molar-refractivity contribution in [1.29, 1.82) is 0 Å². The van der Waals surface area contributed by atoms with Gasteiger partial charge in [-0.15, -0.1) is 0 Å². The van der Waals surface area contributed by atoms with Crippen LogP contribution in [0.5, 0.6) is 0 Å². The first-order valence-electron chi connectivity index (χ1n) is 6.63. The third-order valence-corrected chi connectivity index (χ3v) is 2.88. The molecule has 0 aliphatic carbocycles. The molecule has 0 fully saturated rings. The number of hydrogen-bond acceptors (Lipinski definition) is 3. The van der Waals surface area contributed by atoms with Crippen molar-refractivity contribution in [3.05, 3.63) is 35.9 Å². The molecule has 0 aromatic heterocycles. The Morgan fingerprint density at radius 2 is 1.75 bits per heavy atom. The van der Waals surface area contributed by atoms with Gasteiger partial charge in [0, 0.05) is 6.42 Å². The molecule has 20 heavy (non-hydrogen) atoms. The van der Waals surface area contributed by atoms with Gasteiger partial charge in [0.15, 0.2) is 5.78 Å². The highest BCUT2D eigenvalue weighted by Gasteiger charge is 2.17. The van der Waals surface area contributed by atoms with Gasteiger partial charge in [0.2, 0.25) is 11.8 Å². The second kappa shape index (κ2) is 8.09. The summed E-state index contributed by atoms with van der Waals surface area (Å²) >= 11 is 0. The van der Waals surface area contributed by atoms with Crippen LogP contribution in [0.15, 0.2) is 30.3 Å². The summed E-state index contributed by atoms with van der Waals surface area (Å²) in [6.45, 7) is 3.05. The van der Waals surface area contributed by atoms with Crippen molar-refractivity contribution < 1.29 is 14.4 Å². The third kappa shape index (κ3) is 5.65. The van der Waals surface area contributed by atoms with Gasteiger partial charge in [0.25, 0.3) is 0 Å². The Balaban J connectivity index is 2.53. The zero-order chi connectivity index (χ0) is 15.0. The fourth-order valence-electron chi connectivity index (χ4n) is 1.70. The van der Waals surface area contributed by atoms with Crippen LogP contribution in [0.3, 0.4) is 0 Å². The molecule has 1 rings (SSSR count). The largest absolute Gasteiger partial charge is 0.347 e. The Kier molecular flexibility index (Phi) is 6.43. The first-order chi connectivity index (χ1) is 9.52. The van der Waals surface area contributed by atoms with Crippen LogP contribution in [0.1, 0.15) is 25.8 Å². The maximum absolute atomic E-state index is 11.7. The van der Waals surface area contributed by atoms with Crippen LogP contribution >= 0.6 is 0 Å². The fraction of sp³-hybridized carbons (Fsp3) is 0.400. The van der Waals surface area contributed by atoms with E-state index in [1.165, 1.54) is 6.92 Å². The van der Waals surface area contributed by atoms with Crippen molar-refractivity contribution in [3.63, 3.8) is 0 Å². The minimum atomic E-state index is -0.566. The maximum Gasteiger partial charge on any atom is 0.239 e. The van der Waals surface area contributed by atoms with Crippen LogP contribution in [-0.4, -0.2) is 30.2 Å². The highest BCUT2D eigenvalue weighted by molar-refractivity contribution is 5.90. The molecular weight excluding hydrogens is 256 g/mol. The summed E-state index contributed by atoms with van der Waals surface area (Å²) in [5.74, 6) is -0.658. The summed E-state index contributed by atoms with van der Waals surface area (Å²) in [4.78, 5) is 34.3. The van der Waals surface area contributed by atoms with Crippen molar-refractivity contribution in [3.8, 4) is 0 Å². The number of carbonyl (C=O) groups is 3. The number of nitrogens with one attached hydrogen (secondary N) is 2. The van der Waals surface area contributed by atoms with E-state index in [0.717, 1.165) is 5.56 Å². The Bertz CT molecular complexity index is 471. The molecule has 1 atom stereocenters. The summed E-state index contributed by atoms with van der Waals surface area (Å²) in [5.41, 5.74) is 0.977. The molecule has 108 valence electrons. The molecule has 1 aromatic rings. The number of Topliss-reactive ketones (excluding diaryl/α,β-unsaturated/α-hetero) is 1. The predicted octanol–water partition coefficient (Wildman–Crippen LogP) is 0.829. The van der Waals surface area contributed by atoms with Crippen LogP contribution in [0.2, 0.25) is 0 Å². The van der Waals surface area contributed by atoms with Crippen molar-refractivity contribution >= 4 is 17.6 Å². The molecule has 0 spiro atoms. The smallest absolute Gasteiger partial charge is 0.239 e. The second-order valence-electron chi connectivity index (χ2n) is 4.55. The molecule has 0 saturated carbocycles. The lowest BCUT2D eigenvalue weighted by Crippen LogP contribution is -2.45. The number of hydrogen-bond donors (Lipinski definition) is 2. The van der Waals surface area contributed by atoms with Crippen LogP contribution in [-0.2, 0) is 20.8 Å². The molecule has 0 saturated heterocycles. The monoisotopic (exact) mass is 276 g/mol. The summed E-state index contributed by atoms with van der Waals surface area (Å²) in [6.07, 6.45) is 0.775. The lowest BCUT2D eigenvalue weighted by atomic mass is 10.0. The van der Waals surface area contributed by atoms with E-state index in [9.17, 15) is 14.4 Å². The first-order valence-corrected chi connectivity index (χ1v) is 6.63. The van der Waals surface area contributed by atoms with Crippen molar-refractivity contribution in [1.82, 2.24) is 10.6 Å². The van der Waals surface area contributed by atoms with E-state index < -0.39 is 6.04 Å². The van der Waals surface area contributed by atoms with Crippen molar-refractivity contribution in [2.24, 2.45) is 0 Å². The van der Waals surface area contributed by atoms with Gasteiger partial charge in [0.05, 0.1) is 12.6 Å². The molecule has 5 heteroatoms. The molecule has 1 unspecified atom stereocenters. The van der Waals surface area contributed by atoms with Gasteiger partial charge in [-0.1, -0.05) is 37.3 Å². The zero-order valence-electron chi connectivity index (χ0n) is 11.8. The molecule has 0 bridgehead atoms. The van der Waals surface area contributed by atoms with Gasteiger partial charge in [-0.3, -0.25) is 14.4 Å². The Morgan fingerprint density at radius 1 is 1.10 bits per heavy atom. The third-order valence-electron chi connectivity index (χ3n) is 2.88. The Morgan fingerprint density at radius 3 is 2.30 bits per heavy atom. The number of amides is 2. The van der Waals surface area contributed by atoms with E-state index in [4.69, 9.17) is 0 Å². The summed E-state index contributed by atoms with van der Waals surface area (Å²) in [6, 6.07) is 8.90. The van der Waals surface area contributed by atoms with E-state index in [0.29, 0.717) is 12.8 Å². The van der Waals surface area contributed by atoms with E-state index in [1.54, 1.807) is 6.92 Å². The van der Waals surface area contributed by atoms with Gasteiger partial charge < -0.3 is 10.6 Å². The second-order valence-corrected chi connectivity index (χ2v) is 4.55. The van der Waals surface area contributed by atoms with Crippen molar-refractivity contribution in [2.45, 2.75) is 32.7 Å². The molecular formula is C15H20N2O3. The van der Waals surface area contributed by atoms with Gasteiger partial charge in [0.1, 0.15) is 0 Å². The average molecular weight is 276 g/mol. The van der Waals surface area contributed by atoms with Gasteiger partial charge >= 0.3 is 0 Å². The highest BCUT2D eigenvalue weighted by Crippen LogP contribution is 2.03. The highest BCUT2D eigenvalue weighted by atomic mass is 16.2. The molecule has 0 radical (unpaired) electrons. The normalized spacial score (nSPS) is 11.5. The standard InChI is InChI=1S/C15H20N2O3/c1-3-14(19)16-10-15(20)17-13(11(2)18)9-12-7-5-4-6-8-12/h4-8,13H,3,9-10H2,1-2H3,(H,16,19)(H,17,20). The Labute approximate surface area is 118 Å². The molecule has 0 heterocycles. The number of carbonyl (C=O) groups excluding carboxylic acids is 3.